The van der Waals surface area contributed by atoms with Crippen LogP contribution in [0.15, 0.2) is 39.9 Å². The van der Waals surface area contributed by atoms with Gasteiger partial charge in [-0.1, -0.05) is 30.3 Å². The van der Waals surface area contributed by atoms with Crippen molar-refractivity contribution in [3.05, 3.63) is 67.2 Å². The lowest BCUT2D eigenvalue weighted by molar-refractivity contribution is 0.249. The van der Waals surface area contributed by atoms with E-state index in [1.165, 1.54) is 15.0 Å². The van der Waals surface area contributed by atoms with Gasteiger partial charge >= 0.3 is 5.69 Å². The second-order valence-corrected chi connectivity index (χ2v) is 7.24. The number of rotatable bonds is 3. The maximum Gasteiger partial charge on any atom is 0.329 e. The molecule has 0 amide bonds. The molecule has 1 N–H and O–H groups in total. The first-order chi connectivity index (χ1) is 11.7. The molecule has 4 rings (SSSR count). The fraction of sp³-hybridized carbons (Fsp3) is 0.333. The van der Waals surface area contributed by atoms with Crippen LogP contribution in [0.3, 0.4) is 0 Å². The Morgan fingerprint density at radius 2 is 2.00 bits per heavy atom. The molecule has 24 heavy (non-hydrogen) atoms. The Morgan fingerprint density at radius 3 is 2.75 bits per heavy atom. The summed E-state index contributed by atoms with van der Waals surface area (Å²) in [5.74, 6) is 0. The number of nitrogens with zero attached hydrogens (tertiary/aromatic N) is 2. The van der Waals surface area contributed by atoms with E-state index in [1.807, 2.05) is 13.0 Å². The van der Waals surface area contributed by atoms with E-state index in [0.29, 0.717) is 6.54 Å². The van der Waals surface area contributed by atoms with Crippen LogP contribution in [0.1, 0.15) is 22.9 Å². The Kier molecular flexibility index (Phi) is 3.86. The summed E-state index contributed by atoms with van der Waals surface area (Å²) < 4.78 is 1.28. The molecule has 0 fully saturated rings. The minimum absolute atomic E-state index is 0.148. The molecular weight excluding hydrogens is 322 g/mol. The van der Waals surface area contributed by atoms with Crippen molar-refractivity contribution in [1.29, 1.82) is 0 Å². The first-order valence-electron chi connectivity index (χ1n) is 8.21. The predicted octanol–water partition coefficient (Wildman–Crippen LogP) is 2.33. The van der Waals surface area contributed by atoms with Gasteiger partial charge in [-0.3, -0.25) is 19.2 Å². The number of aromatic nitrogens is 2. The molecule has 3 aromatic rings. The SMILES string of the molecule is CCn1c(=O)[nH]c2sc3c(c2c1=O)CCN(Cc1ccccc1)C3. The second kappa shape index (κ2) is 6.03. The minimum atomic E-state index is -0.310. The minimum Gasteiger partial charge on any atom is -0.298 e. The molecule has 0 bridgehead atoms. The average molecular weight is 341 g/mol. The molecule has 0 spiro atoms. The fourth-order valence-electron chi connectivity index (χ4n) is 3.43. The van der Waals surface area contributed by atoms with Crippen molar-refractivity contribution < 1.29 is 0 Å². The van der Waals surface area contributed by atoms with Crippen molar-refractivity contribution in [2.45, 2.75) is 33.0 Å². The van der Waals surface area contributed by atoms with E-state index < -0.39 is 0 Å². The highest BCUT2D eigenvalue weighted by molar-refractivity contribution is 7.18. The van der Waals surface area contributed by atoms with E-state index in [2.05, 4.69) is 34.1 Å². The summed E-state index contributed by atoms with van der Waals surface area (Å²) in [5, 5.41) is 0.718. The molecule has 124 valence electrons. The van der Waals surface area contributed by atoms with Crippen LogP contribution >= 0.6 is 11.3 Å². The molecule has 0 atom stereocenters. The highest BCUT2D eigenvalue weighted by Crippen LogP contribution is 2.32. The van der Waals surface area contributed by atoms with E-state index >= 15 is 0 Å². The Hall–Kier alpha value is -2.18. The number of fused-ring (bicyclic) bond motifs is 3. The average Bonchev–Trinajstić information content (AvgIpc) is 2.93. The smallest absolute Gasteiger partial charge is 0.298 e. The molecule has 1 aliphatic rings. The molecule has 0 radical (unpaired) electrons. The zero-order valence-corrected chi connectivity index (χ0v) is 14.4. The van der Waals surface area contributed by atoms with Crippen LogP contribution in [-0.2, 0) is 26.1 Å². The third-order valence-corrected chi connectivity index (χ3v) is 5.76. The quantitative estimate of drug-likeness (QED) is 0.795. The van der Waals surface area contributed by atoms with Crippen LogP contribution < -0.4 is 11.2 Å². The molecule has 0 saturated heterocycles. The van der Waals surface area contributed by atoms with Crippen LogP contribution in [0, 0.1) is 0 Å². The van der Waals surface area contributed by atoms with Crippen molar-refractivity contribution in [1.82, 2.24) is 14.5 Å². The molecule has 5 nitrogen and oxygen atoms in total. The molecule has 0 unspecified atom stereocenters. The zero-order valence-electron chi connectivity index (χ0n) is 13.5. The summed E-state index contributed by atoms with van der Waals surface area (Å²) in [6.45, 7) is 4.89. The van der Waals surface area contributed by atoms with Crippen LogP contribution in [0.2, 0.25) is 0 Å². The predicted molar refractivity (Wildman–Crippen MR) is 96.6 cm³/mol. The molecule has 3 heterocycles. The van der Waals surface area contributed by atoms with Crippen molar-refractivity contribution in [3.8, 4) is 0 Å². The van der Waals surface area contributed by atoms with Crippen LogP contribution in [0.5, 0.6) is 0 Å². The number of benzene rings is 1. The van der Waals surface area contributed by atoms with Gasteiger partial charge < -0.3 is 0 Å². The van der Waals surface area contributed by atoms with Crippen LogP contribution in [-0.4, -0.2) is 21.0 Å². The standard InChI is InChI=1S/C18H19N3O2S/c1-2-21-17(22)15-13-8-9-20(10-12-6-4-3-5-7-12)11-14(13)24-16(15)19-18(21)23/h3-7H,2,8-11H2,1H3,(H,19,23). The first-order valence-corrected chi connectivity index (χ1v) is 9.02. The summed E-state index contributed by atoms with van der Waals surface area (Å²) in [4.78, 5) is 31.8. The monoisotopic (exact) mass is 341 g/mol. The summed E-state index contributed by atoms with van der Waals surface area (Å²) in [7, 11) is 0. The third kappa shape index (κ3) is 2.52. The largest absolute Gasteiger partial charge is 0.329 e. The number of H-pyrrole nitrogens is 1. The molecule has 2 aromatic heterocycles. The van der Waals surface area contributed by atoms with Gasteiger partial charge in [0, 0.05) is 31.1 Å². The maximum absolute atomic E-state index is 12.6. The van der Waals surface area contributed by atoms with Crippen LogP contribution in [0.25, 0.3) is 10.2 Å². The lowest BCUT2D eigenvalue weighted by atomic mass is 10.0. The third-order valence-electron chi connectivity index (χ3n) is 4.63. The van der Waals surface area contributed by atoms with Crippen LogP contribution in [0.4, 0.5) is 0 Å². The Morgan fingerprint density at radius 1 is 1.21 bits per heavy atom. The van der Waals surface area contributed by atoms with Crippen molar-refractivity contribution in [2.24, 2.45) is 0 Å². The van der Waals surface area contributed by atoms with Gasteiger partial charge in [-0.05, 0) is 24.5 Å². The van der Waals surface area contributed by atoms with Gasteiger partial charge in [0.1, 0.15) is 4.83 Å². The molecule has 6 heteroatoms. The van der Waals surface area contributed by atoms with E-state index in [1.54, 1.807) is 11.3 Å². The van der Waals surface area contributed by atoms with Crippen molar-refractivity contribution >= 4 is 21.6 Å². The number of aromatic amines is 1. The Bertz CT molecular complexity index is 1000. The molecule has 1 aliphatic heterocycles. The number of hydrogen-bond donors (Lipinski definition) is 1. The van der Waals surface area contributed by atoms with Crippen molar-refractivity contribution in [2.75, 3.05) is 6.54 Å². The zero-order chi connectivity index (χ0) is 16.7. The lowest BCUT2D eigenvalue weighted by Gasteiger charge is -2.26. The normalized spacial score (nSPS) is 14.9. The highest BCUT2D eigenvalue weighted by Gasteiger charge is 2.24. The molecule has 0 aliphatic carbocycles. The summed E-state index contributed by atoms with van der Waals surface area (Å²) >= 11 is 1.55. The van der Waals surface area contributed by atoms with E-state index in [4.69, 9.17) is 0 Å². The molecule has 1 aromatic carbocycles. The first kappa shape index (κ1) is 15.4. The number of thiophene rings is 1. The Balaban J connectivity index is 1.71. The lowest BCUT2D eigenvalue weighted by Crippen LogP contribution is -2.35. The van der Waals surface area contributed by atoms with E-state index in [0.717, 1.165) is 41.8 Å². The van der Waals surface area contributed by atoms with E-state index in [-0.39, 0.29) is 11.2 Å². The maximum atomic E-state index is 12.6. The number of nitrogens with one attached hydrogen (secondary N) is 1. The summed E-state index contributed by atoms with van der Waals surface area (Å²) in [6, 6.07) is 10.4. The second-order valence-electron chi connectivity index (χ2n) is 6.13. The Labute approximate surface area is 143 Å². The van der Waals surface area contributed by atoms with Gasteiger partial charge in [-0.25, -0.2) is 4.79 Å². The summed E-state index contributed by atoms with van der Waals surface area (Å²) in [5.41, 5.74) is 1.96. The molecule has 0 saturated carbocycles. The highest BCUT2D eigenvalue weighted by atomic mass is 32.1. The van der Waals surface area contributed by atoms with Gasteiger partial charge in [-0.2, -0.15) is 0 Å². The number of hydrogen-bond acceptors (Lipinski definition) is 4. The topological polar surface area (TPSA) is 58.1 Å². The fourth-order valence-corrected chi connectivity index (χ4v) is 4.70. The van der Waals surface area contributed by atoms with Gasteiger partial charge in [0.2, 0.25) is 0 Å². The van der Waals surface area contributed by atoms with Gasteiger partial charge in [-0.15, -0.1) is 11.3 Å². The van der Waals surface area contributed by atoms with E-state index in [9.17, 15) is 9.59 Å². The van der Waals surface area contributed by atoms with Gasteiger partial charge in [0.15, 0.2) is 0 Å². The van der Waals surface area contributed by atoms with Gasteiger partial charge in [0.05, 0.1) is 5.39 Å². The van der Waals surface area contributed by atoms with Gasteiger partial charge in [0.25, 0.3) is 5.56 Å². The van der Waals surface area contributed by atoms with Crippen molar-refractivity contribution in [3.63, 3.8) is 0 Å². The summed E-state index contributed by atoms with van der Waals surface area (Å²) in [6.07, 6.45) is 0.854. The molecular formula is C18H19N3O2S.